The fourth-order valence-electron chi connectivity index (χ4n) is 1.74. The van der Waals surface area contributed by atoms with Crippen LogP contribution in [0, 0.1) is 0 Å². The number of nitrogens with zero attached hydrogens (tertiary/aromatic N) is 2. The van der Waals surface area contributed by atoms with Crippen molar-refractivity contribution in [1.29, 1.82) is 0 Å². The zero-order valence-corrected chi connectivity index (χ0v) is 9.42. The molecule has 1 aliphatic rings. The van der Waals surface area contributed by atoms with Crippen LogP contribution in [0.4, 0.5) is 5.69 Å². The Morgan fingerprint density at radius 1 is 1.18 bits per heavy atom. The van der Waals surface area contributed by atoms with Gasteiger partial charge >= 0.3 is 11.8 Å². The number of carbonyl (C=O) groups excluding carboxylic acids is 3. The molecule has 2 amide bonds. The third-order valence-corrected chi connectivity index (χ3v) is 2.75. The van der Waals surface area contributed by atoms with Gasteiger partial charge in [-0.2, -0.15) is 0 Å². The summed E-state index contributed by atoms with van der Waals surface area (Å²) in [4.78, 5) is 36.8. The van der Waals surface area contributed by atoms with Crippen LogP contribution in [0.1, 0.15) is 10.4 Å². The Kier molecular flexibility index (Phi) is 2.91. The molecule has 1 heterocycles. The van der Waals surface area contributed by atoms with Gasteiger partial charge in [0.15, 0.2) is 0 Å². The molecule has 5 heteroatoms. The van der Waals surface area contributed by atoms with E-state index in [1.165, 1.54) is 9.80 Å². The molecule has 2 rings (SSSR count). The predicted molar refractivity (Wildman–Crippen MR) is 61.8 cm³/mol. The summed E-state index contributed by atoms with van der Waals surface area (Å²) >= 11 is 0. The number of benzene rings is 1. The minimum atomic E-state index is -0.554. The summed E-state index contributed by atoms with van der Waals surface area (Å²) in [6, 6.07) is 6.65. The van der Waals surface area contributed by atoms with E-state index in [1.54, 1.807) is 31.3 Å². The van der Waals surface area contributed by atoms with Crippen molar-refractivity contribution in [3.05, 3.63) is 29.8 Å². The Morgan fingerprint density at radius 3 is 2.65 bits per heavy atom. The molecule has 0 aromatic heterocycles. The highest BCUT2D eigenvalue weighted by molar-refractivity contribution is 6.40. The molecule has 0 radical (unpaired) electrons. The fraction of sp³-hybridized carbons (Fsp3) is 0.250. The fourth-order valence-corrected chi connectivity index (χ4v) is 1.74. The molecular weight excluding hydrogens is 220 g/mol. The highest BCUT2D eigenvalue weighted by Crippen LogP contribution is 2.18. The number of rotatable bonds is 2. The lowest BCUT2D eigenvalue weighted by Gasteiger charge is -2.31. The highest BCUT2D eigenvalue weighted by Gasteiger charge is 2.31. The van der Waals surface area contributed by atoms with Gasteiger partial charge in [0.05, 0.1) is 0 Å². The van der Waals surface area contributed by atoms with Crippen molar-refractivity contribution >= 4 is 23.8 Å². The lowest BCUT2D eigenvalue weighted by atomic mass is 10.2. The molecule has 17 heavy (non-hydrogen) atoms. The average molecular weight is 232 g/mol. The predicted octanol–water partition coefficient (Wildman–Crippen LogP) is 0.304. The number of carbonyl (C=O) groups is 3. The quantitative estimate of drug-likeness (QED) is 0.544. The number of likely N-dealkylation sites (N-methyl/N-ethyl adjacent to an activating group) is 1. The van der Waals surface area contributed by atoms with E-state index in [9.17, 15) is 14.4 Å². The number of hydrogen-bond donors (Lipinski definition) is 0. The van der Waals surface area contributed by atoms with Crippen LogP contribution in [0.3, 0.4) is 0 Å². The first-order chi connectivity index (χ1) is 8.13. The van der Waals surface area contributed by atoms with E-state index in [1.807, 2.05) is 0 Å². The second kappa shape index (κ2) is 4.37. The van der Waals surface area contributed by atoms with Crippen molar-refractivity contribution in [2.75, 3.05) is 25.0 Å². The molecule has 5 nitrogen and oxygen atoms in total. The summed E-state index contributed by atoms with van der Waals surface area (Å²) in [6.45, 7) is 0.944. The van der Waals surface area contributed by atoms with Crippen molar-refractivity contribution in [2.45, 2.75) is 0 Å². The molecule has 88 valence electrons. The van der Waals surface area contributed by atoms with Crippen LogP contribution in [0.5, 0.6) is 0 Å². The van der Waals surface area contributed by atoms with Crippen molar-refractivity contribution < 1.29 is 14.4 Å². The maximum atomic E-state index is 11.8. The minimum absolute atomic E-state index is 0.448. The molecule has 0 N–H and O–H groups in total. The topological polar surface area (TPSA) is 57.7 Å². The Bertz CT molecular complexity index is 484. The summed E-state index contributed by atoms with van der Waals surface area (Å²) in [6.07, 6.45) is 0.714. The summed E-state index contributed by atoms with van der Waals surface area (Å²) in [5.74, 6) is -1.07. The van der Waals surface area contributed by atoms with Crippen LogP contribution >= 0.6 is 0 Å². The Hall–Kier alpha value is -2.17. The number of piperazine rings is 1. The lowest BCUT2D eigenvalue weighted by Crippen LogP contribution is -2.53. The lowest BCUT2D eigenvalue weighted by molar-refractivity contribution is -0.145. The molecule has 0 saturated carbocycles. The molecule has 0 atom stereocenters. The van der Waals surface area contributed by atoms with Crippen LogP contribution in [-0.2, 0) is 9.59 Å². The van der Waals surface area contributed by atoms with E-state index in [2.05, 4.69) is 0 Å². The molecule has 1 aromatic carbocycles. The van der Waals surface area contributed by atoms with E-state index in [-0.39, 0.29) is 0 Å². The zero-order valence-electron chi connectivity index (χ0n) is 9.42. The van der Waals surface area contributed by atoms with Crippen molar-refractivity contribution in [3.8, 4) is 0 Å². The molecule has 0 bridgehead atoms. The van der Waals surface area contributed by atoms with Gasteiger partial charge in [-0.05, 0) is 12.1 Å². The van der Waals surface area contributed by atoms with Gasteiger partial charge in [-0.25, -0.2) is 0 Å². The third-order valence-electron chi connectivity index (χ3n) is 2.75. The van der Waals surface area contributed by atoms with E-state index in [0.29, 0.717) is 30.6 Å². The summed E-state index contributed by atoms with van der Waals surface area (Å²) in [7, 11) is 1.60. The van der Waals surface area contributed by atoms with Crippen LogP contribution in [0.25, 0.3) is 0 Å². The monoisotopic (exact) mass is 232 g/mol. The van der Waals surface area contributed by atoms with Crippen LogP contribution < -0.4 is 4.90 Å². The van der Waals surface area contributed by atoms with Gasteiger partial charge in [-0.3, -0.25) is 14.4 Å². The highest BCUT2D eigenvalue weighted by atomic mass is 16.2. The van der Waals surface area contributed by atoms with E-state index in [4.69, 9.17) is 0 Å². The first-order valence-electron chi connectivity index (χ1n) is 5.25. The number of aldehydes is 1. The second-order valence-corrected chi connectivity index (χ2v) is 3.90. The average Bonchev–Trinajstić information content (AvgIpc) is 2.36. The van der Waals surface area contributed by atoms with E-state index < -0.39 is 11.8 Å². The van der Waals surface area contributed by atoms with Crippen molar-refractivity contribution in [2.24, 2.45) is 0 Å². The van der Waals surface area contributed by atoms with Crippen LogP contribution in [0.2, 0.25) is 0 Å². The molecule has 1 saturated heterocycles. The van der Waals surface area contributed by atoms with Gasteiger partial charge in [-0.1, -0.05) is 12.1 Å². The van der Waals surface area contributed by atoms with Gasteiger partial charge in [0.1, 0.15) is 6.29 Å². The number of anilines is 1. The van der Waals surface area contributed by atoms with Gasteiger partial charge in [0.25, 0.3) is 0 Å². The van der Waals surface area contributed by atoms with Gasteiger partial charge in [0, 0.05) is 31.4 Å². The van der Waals surface area contributed by atoms with Crippen LogP contribution in [-0.4, -0.2) is 43.1 Å². The molecule has 1 aromatic rings. The third kappa shape index (κ3) is 2.04. The van der Waals surface area contributed by atoms with Crippen molar-refractivity contribution in [1.82, 2.24) is 4.90 Å². The summed E-state index contributed by atoms with van der Waals surface area (Å²) in [5, 5.41) is 0. The molecule has 0 spiro atoms. The van der Waals surface area contributed by atoms with Crippen molar-refractivity contribution in [3.63, 3.8) is 0 Å². The Morgan fingerprint density at radius 2 is 1.94 bits per heavy atom. The molecule has 0 unspecified atom stereocenters. The second-order valence-electron chi connectivity index (χ2n) is 3.90. The zero-order chi connectivity index (χ0) is 12.4. The summed E-state index contributed by atoms with van der Waals surface area (Å²) < 4.78 is 0. The molecular formula is C12H12N2O3. The molecule has 0 aliphatic carbocycles. The van der Waals surface area contributed by atoms with Crippen LogP contribution in [0.15, 0.2) is 24.3 Å². The Balaban J connectivity index is 2.30. The number of amides is 2. The normalized spacial score (nSPS) is 16.3. The first kappa shape index (κ1) is 11.3. The maximum absolute atomic E-state index is 11.8. The largest absolute Gasteiger partial charge is 0.336 e. The Labute approximate surface area is 98.6 Å². The first-order valence-corrected chi connectivity index (χ1v) is 5.25. The van der Waals surface area contributed by atoms with E-state index in [0.717, 1.165) is 0 Å². The van der Waals surface area contributed by atoms with Gasteiger partial charge in [-0.15, -0.1) is 0 Å². The minimum Gasteiger partial charge on any atom is -0.336 e. The summed E-state index contributed by atoms with van der Waals surface area (Å²) in [5.41, 5.74) is 1.07. The maximum Gasteiger partial charge on any atom is 0.316 e. The SMILES string of the molecule is CN1CCN(c2cccc(C=O)c2)C(=O)C1=O. The standard InChI is InChI=1S/C12H12N2O3/c1-13-5-6-14(12(17)11(13)16)10-4-2-3-9(7-10)8-15/h2-4,7-8H,5-6H2,1H3. The smallest absolute Gasteiger partial charge is 0.316 e. The van der Waals surface area contributed by atoms with Gasteiger partial charge in [0.2, 0.25) is 0 Å². The molecule has 1 fully saturated rings. The number of hydrogen-bond acceptors (Lipinski definition) is 3. The van der Waals surface area contributed by atoms with Gasteiger partial charge < -0.3 is 9.80 Å². The molecule has 1 aliphatic heterocycles. The van der Waals surface area contributed by atoms with E-state index >= 15 is 0 Å².